The van der Waals surface area contributed by atoms with Crippen molar-refractivity contribution < 1.29 is 4.74 Å². The van der Waals surface area contributed by atoms with Crippen molar-refractivity contribution in [2.24, 2.45) is 0 Å². The van der Waals surface area contributed by atoms with Gasteiger partial charge in [0.2, 0.25) is 0 Å². The molecule has 1 aliphatic heterocycles. The van der Waals surface area contributed by atoms with Gasteiger partial charge in [0.25, 0.3) is 0 Å². The van der Waals surface area contributed by atoms with Gasteiger partial charge in [0, 0.05) is 30.2 Å². The molecule has 0 amide bonds. The van der Waals surface area contributed by atoms with E-state index in [4.69, 9.17) is 32.9 Å². The molecule has 0 radical (unpaired) electrons. The summed E-state index contributed by atoms with van der Waals surface area (Å²) in [6.07, 6.45) is 3.65. The van der Waals surface area contributed by atoms with Crippen molar-refractivity contribution in [1.29, 1.82) is 0 Å². The van der Waals surface area contributed by atoms with Crippen LogP contribution >= 0.6 is 23.2 Å². The minimum Gasteiger partial charge on any atom is -0.378 e. The number of anilines is 1. The number of H-pyrrole nitrogens is 1. The van der Waals surface area contributed by atoms with E-state index in [-0.39, 0.29) is 0 Å². The third-order valence-electron chi connectivity index (χ3n) is 4.00. The van der Waals surface area contributed by atoms with Crippen LogP contribution in [0, 0.1) is 0 Å². The Hall–Kier alpha value is -1.82. The van der Waals surface area contributed by atoms with E-state index >= 15 is 0 Å². The normalized spacial score (nSPS) is 15.3. The van der Waals surface area contributed by atoms with Gasteiger partial charge in [-0.25, -0.2) is 4.98 Å². The Morgan fingerprint density at radius 2 is 2.00 bits per heavy atom. The zero-order valence-electron chi connectivity index (χ0n) is 12.2. The Morgan fingerprint density at radius 1 is 1.17 bits per heavy atom. The number of aromatic nitrogens is 3. The predicted octanol–water partition coefficient (Wildman–Crippen LogP) is 3.77. The van der Waals surface area contributed by atoms with E-state index < -0.39 is 0 Å². The smallest absolute Gasteiger partial charge is 0.130 e. The highest BCUT2D eigenvalue weighted by Crippen LogP contribution is 2.37. The standard InChI is InChI=1S/C16H14Cl2N4O/c17-13-2-1-11-12(10-8-19-20-9-10)7-14(21-16(11)15(13)18)22-3-5-23-6-4-22/h1-2,7-9H,3-6H2,(H,19,20). The lowest BCUT2D eigenvalue weighted by Crippen LogP contribution is -2.36. The fourth-order valence-corrected chi connectivity index (χ4v) is 3.17. The number of rotatable bonds is 2. The van der Waals surface area contributed by atoms with E-state index in [1.807, 2.05) is 12.3 Å². The molecule has 23 heavy (non-hydrogen) atoms. The van der Waals surface area contributed by atoms with Gasteiger partial charge >= 0.3 is 0 Å². The molecule has 0 atom stereocenters. The van der Waals surface area contributed by atoms with Crippen molar-refractivity contribution in [1.82, 2.24) is 15.2 Å². The zero-order chi connectivity index (χ0) is 15.8. The Kier molecular flexibility index (Phi) is 3.85. The molecular weight excluding hydrogens is 335 g/mol. The van der Waals surface area contributed by atoms with Gasteiger partial charge in [-0.15, -0.1) is 0 Å². The summed E-state index contributed by atoms with van der Waals surface area (Å²) in [7, 11) is 0. The Morgan fingerprint density at radius 3 is 2.74 bits per heavy atom. The number of aromatic amines is 1. The summed E-state index contributed by atoms with van der Waals surface area (Å²) in [5.41, 5.74) is 2.73. The highest BCUT2D eigenvalue weighted by Gasteiger charge is 2.18. The van der Waals surface area contributed by atoms with Gasteiger partial charge < -0.3 is 9.64 Å². The molecule has 3 aromatic rings. The lowest BCUT2D eigenvalue weighted by Gasteiger charge is -2.28. The van der Waals surface area contributed by atoms with Gasteiger partial charge in [-0.05, 0) is 17.7 Å². The third-order valence-corrected chi connectivity index (χ3v) is 4.80. The van der Waals surface area contributed by atoms with Crippen molar-refractivity contribution in [3.8, 4) is 11.1 Å². The molecule has 4 rings (SSSR count). The van der Waals surface area contributed by atoms with E-state index in [2.05, 4.69) is 21.2 Å². The molecule has 1 N–H and O–H groups in total. The summed E-state index contributed by atoms with van der Waals surface area (Å²) in [4.78, 5) is 6.95. The predicted molar refractivity (Wildman–Crippen MR) is 92.4 cm³/mol. The Labute approximate surface area is 143 Å². The number of hydrogen-bond acceptors (Lipinski definition) is 4. The second-order valence-corrected chi connectivity index (χ2v) is 6.16. The molecule has 2 aromatic heterocycles. The maximum Gasteiger partial charge on any atom is 0.130 e. The molecule has 0 saturated carbocycles. The van der Waals surface area contributed by atoms with E-state index in [0.29, 0.717) is 28.8 Å². The quantitative estimate of drug-likeness (QED) is 0.765. The molecule has 5 nitrogen and oxygen atoms in total. The molecule has 0 spiro atoms. The van der Waals surface area contributed by atoms with Gasteiger partial charge in [0.1, 0.15) is 5.82 Å². The molecule has 1 fully saturated rings. The van der Waals surface area contributed by atoms with Gasteiger partial charge in [0.05, 0.1) is 35.0 Å². The van der Waals surface area contributed by atoms with E-state index in [1.54, 1.807) is 12.3 Å². The number of halogens is 2. The van der Waals surface area contributed by atoms with Crippen LogP contribution in [0.1, 0.15) is 0 Å². The van der Waals surface area contributed by atoms with Gasteiger partial charge in [0.15, 0.2) is 0 Å². The van der Waals surface area contributed by atoms with Crippen molar-refractivity contribution in [3.05, 3.63) is 40.6 Å². The highest BCUT2D eigenvalue weighted by atomic mass is 35.5. The SMILES string of the molecule is Clc1ccc2c(-c3cn[nH]c3)cc(N3CCOCC3)nc2c1Cl. The van der Waals surface area contributed by atoms with Crippen LogP contribution in [0.5, 0.6) is 0 Å². The number of nitrogens with zero attached hydrogens (tertiary/aromatic N) is 3. The first-order valence-corrected chi connectivity index (χ1v) is 8.10. The number of pyridine rings is 1. The fourth-order valence-electron chi connectivity index (χ4n) is 2.81. The summed E-state index contributed by atoms with van der Waals surface area (Å²) in [6, 6.07) is 5.82. The van der Waals surface area contributed by atoms with Crippen LogP contribution in [0.2, 0.25) is 10.0 Å². The Balaban J connectivity index is 1.96. The molecule has 0 bridgehead atoms. The number of hydrogen-bond donors (Lipinski definition) is 1. The van der Waals surface area contributed by atoms with Crippen LogP contribution in [0.4, 0.5) is 5.82 Å². The minimum absolute atomic E-state index is 0.476. The summed E-state index contributed by atoms with van der Waals surface area (Å²) < 4.78 is 5.42. The van der Waals surface area contributed by atoms with Crippen LogP contribution in [-0.2, 0) is 4.74 Å². The van der Waals surface area contributed by atoms with Gasteiger partial charge in [-0.3, -0.25) is 5.10 Å². The first-order valence-electron chi connectivity index (χ1n) is 7.34. The maximum atomic E-state index is 6.41. The van der Waals surface area contributed by atoms with Gasteiger partial charge in [-0.1, -0.05) is 29.3 Å². The lowest BCUT2D eigenvalue weighted by molar-refractivity contribution is 0.122. The lowest BCUT2D eigenvalue weighted by atomic mass is 10.0. The van der Waals surface area contributed by atoms with Crippen molar-refractivity contribution >= 4 is 39.9 Å². The first kappa shape index (κ1) is 14.8. The largest absolute Gasteiger partial charge is 0.378 e. The van der Waals surface area contributed by atoms with Gasteiger partial charge in [-0.2, -0.15) is 5.10 Å². The average Bonchev–Trinajstić information content (AvgIpc) is 3.13. The van der Waals surface area contributed by atoms with Crippen LogP contribution < -0.4 is 4.90 Å². The summed E-state index contributed by atoms with van der Waals surface area (Å²) in [5, 5.41) is 8.84. The topological polar surface area (TPSA) is 54.0 Å². The summed E-state index contributed by atoms with van der Waals surface area (Å²) >= 11 is 12.6. The average molecular weight is 349 g/mol. The number of fused-ring (bicyclic) bond motifs is 1. The zero-order valence-corrected chi connectivity index (χ0v) is 13.7. The minimum atomic E-state index is 0.476. The van der Waals surface area contributed by atoms with Crippen molar-refractivity contribution in [2.75, 3.05) is 31.2 Å². The number of benzene rings is 1. The molecule has 1 aliphatic rings. The van der Waals surface area contributed by atoms with Crippen LogP contribution in [-0.4, -0.2) is 41.5 Å². The molecule has 1 aromatic carbocycles. The van der Waals surface area contributed by atoms with Crippen LogP contribution in [0.15, 0.2) is 30.6 Å². The number of nitrogens with one attached hydrogen (secondary N) is 1. The van der Waals surface area contributed by atoms with Crippen molar-refractivity contribution in [2.45, 2.75) is 0 Å². The van der Waals surface area contributed by atoms with Crippen LogP contribution in [0.25, 0.3) is 22.0 Å². The maximum absolute atomic E-state index is 6.41. The molecule has 0 aliphatic carbocycles. The molecule has 3 heterocycles. The van der Waals surface area contributed by atoms with E-state index in [9.17, 15) is 0 Å². The first-order chi connectivity index (χ1) is 11.2. The molecule has 0 unspecified atom stereocenters. The second-order valence-electron chi connectivity index (χ2n) is 5.37. The van der Waals surface area contributed by atoms with E-state index in [0.717, 1.165) is 35.4 Å². The number of ether oxygens (including phenoxy) is 1. The number of morpholine rings is 1. The highest BCUT2D eigenvalue weighted by molar-refractivity contribution is 6.45. The monoisotopic (exact) mass is 348 g/mol. The second kappa shape index (κ2) is 6.00. The van der Waals surface area contributed by atoms with E-state index in [1.165, 1.54) is 0 Å². The van der Waals surface area contributed by atoms with Crippen molar-refractivity contribution in [3.63, 3.8) is 0 Å². The summed E-state index contributed by atoms with van der Waals surface area (Å²) in [6.45, 7) is 3.01. The molecule has 118 valence electrons. The Bertz CT molecular complexity index is 845. The fraction of sp³-hybridized carbons (Fsp3) is 0.250. The molecule has 7 heteroatoms. The molecular formula is C16H14Cl2N4O. The molecule has 1 saturated heterocycles. The third kappa shape index (κ3) is 2.65. The summed E-state index contributed by atoms with van der Waals surface area (Å²) in [5.74, 6) is 0.876. The van der Waals surface area contributed by atoms with Crippen LogP contribution in [0.3, 0.4) is 0 Å².